The van der Waals surface area contributed by atoms with Crippen LogP contribution in [-0.2, 0) is 24.7 Å². The molecule has 0 aliphatic carbocycles. The van der Waals surface area contributed by atoms with Crippen molar-refractivity contribution in [1.82, 2.24) is 10.0 Å². The van der Waals surface area contributed by atoms with Gasteiger partial charge in [0.05, 0.1) is 22.9 Å². The van der Waals surface area contributed by atoms with Crippen molar-refractivity contribution in [2.75, 3.05) is 18.1 Å². The highest BCUT2D eigenvalue weighted by Crippen LogP contribution is 2.12. The van der Waals surface area contributed by atoms with Crippen molar-refractivity contribution in [1.29, 1.82) is 0 Å². The van der Waals surface area contributed by atoms with Crippen LogP contribution in [0.3, 0.4) is 0 Å². The lowest BCUT2D eigenvalue weighted by Gasteiger charge is -2.12. The van der Waals surface area contributed by atoms with Gasteiger partial charge in [0.1, 0.15) is 0 Å². The summed E-state index contributed by atoms with van der Waals surface area (Å²) in [6.45, 7) is 0.811. The molecule has 1 heterocycles. The molecule has 10 heteroatoms. The van der Waals surface area contributed by atoms with Gasteiger partial charge in [-0.2, -0.15) is 0 Å². The summed E-state index contributed by atoms with van der Waals surface area (Å²) in [5.74, 6) is -0.996. The van der Waals surface area contributed by atoms with Crippen LogP contribution in [0, 0.1) is 0 Å². The van der Waals surface area contributed by atoms with Crippen molar-refractivity contribution in [2.45, 2.75) is 24.3 Å². The molecule has 0 radical (unpaired) electrons. The van der Waals surface area contributed by atoms with Crippen molar-refractivity contribution < 1.29 is 26.4 Å². The Balaban J connectivity index is 1.96. The summed E-state index contributed by atoms with van der Waals surface area (Å²) in [4.78, 5) is 23.0. The van der Waals surface area contributed by atoms with Crippen molar-refractivity contribution >= 4 is 31.6 Å². The van der Waals surface area contributed by atoms with Gasteiger partial charge in [0, 0.05) is 11.6 Å². The highest BCUT2D eigenvalue weighted by molar-refractivity contribution is 7.91. The maximum Gasteiger partial charge on any atom is 0.241 e. The van der Waals surface area contributed by atoms with Crippen LogP contribution >= 0.6 is 0 Å². The predicted molar refractivity (Wildman–Crippen MR) is 86.8 cm³/mol. The lowest BCUT2D eigenvalue weighted by molar-refractivity contribution is -0.120. The number of carbonyl (C=O) groups excluding carboxylic acids is 2. The fraction of sp³-hybridized carbons (Fsp3) is 0.429. The standard InChI is InChI=1S/C14H18N2O6S2/c1-10(17)11-3-2-4-13(7-11)24(21,22)15-8-14(18)16-12-5-6-23(19,20)9-12/h2-4,7,12,15H,5-6,8-9H2,1H3,(H,16,18). The molecule has 0 saturated carbocycles. The minimum absolute atomic E-state index is 0.0154. The monoisotopic (exact) mass is 374 g/mol. The number of Topliss-reactive ketones (excluding diaryl/α,β-unsaturated/α-hetero) is 1. The Kier molecular flexibility index (Phi) is 5.41. The number of hydrogen-bond acceptors (Lipinski definition) is 6. The van der Waals surface area contributed by atoms with E-state index < -0.39 is 38.4 Å². The molecule has 1 aliphatic heterocycles. The van der Waals surface area contributed by atoms with Crippen LogP contribution in [0.2, 0.25) is 0 Å². The molecule has 1 aliphatic rings. The van der Waals surface area contributed by atoms with Crippen LogP contribution < -0.4 is 10.0 Å². The van der Waals surface area contributed by atoms with Gasteiger partial charge < -0.3 is 5.32 Å². The second-order valence-corrected chi connectivity index (χ2v) is 9.57. The molecule has 1 amide bonds. The van der Waals surface area contributed by atoms with Crippen molar-refractivity contribution in [3.63, 3.8) is 0 Å². The molecule has 0 bridgehead atoms. The summed E-state index contributed by atoms with van der Waals surface area (Å²) in [5.41, 5.74) is 0.249. The highest BCUT2D eigenvalue weighted by atomic mass is 32.2. The minimum atomic E-state index is -3.95. The lowest BCUT2D eigenvalue weighted by atomic mass is 10.2. The van der Waals surface area contributed by atoms with E-state index in [-0.39, 0.29) is 27.7 Å². The van der Waals surface area contributed by atoms with E-state index >= 15 is 0 Å². The Hall–Kier alpha value is -1.78. The van der Waals surface area contributed by atoms with Gasteiger partial charge in [0.25, 0.3) is 0 Å². The minimum Gasteiger partial charge on any atom is -0.351 e. The van der Waals surface area contributed by atoms with Gasteiger partial charge >= 0.3 is 0 Å². The number of amides is 1. The number of sulfonamides is 1. The second kappa shape index (κ2) is 6.99. The summed E-state index contributed by atoms with van der Waals surface area (Å²) in [5, 5.41) is 2.49. The van der Waals surface area contributed by atoms with E-state index in [0.29, 0.717) is 6.42 Å². The molecular formula is C14H18N2O6S2. The fourth-order valence-corrected chi connectivity index (χ4v) is 5.01. The quantitative estimate of drug-likeness (QED) is 0.645. The van der Waals surface area contributed by atoms with Gasteiger partial charge in [-0.05, 0) is 25.5 Å². The number of rotatable bonds is 6. The predicted octanol–water partition coefficient (Wildman–Crippen LogP) is -0.529. The first-order valence-corrected chi connectivity index (χ1v) is 10.5. The molecule has 1 saturated heterocycles. The zero-order valence-electron chi connectivity index (χ0n) is 13.0. The number of sulfone groups is 1. The van der Waals surface area contributed by atoms with Gasteiger partial charge in [-0.15, -0.1) is 0 Å². The first-order valence-electron chi connectivity index (χ1n) is 7.19. The van der Waals surface area contributed by atoms with Crippen LogP contribution in [0.15, 0.2) is 29.2 Å². The van der Waals surface area contributed by atoms with Crippen LogP contribution in [0.4, 0.5) is 0 Å². The summed E-state index contributed by atoms with van der Waals surface area (Å²) < 4.78 is 49.1. The maximum atomic E-state index is 12.2. The van der Waals surface area contributed by atoms with Crippen LogP contribution in [0.5, 0.6) is 0 Å². The zero-order valence-corrected chi connectivity index (χ0v) is 14.6. The fourth-order valence-electron chi connectivity index (χ4n) is 2.31. The summed E-state index contributed by atoms with van der Waals surface area (Å²) in [6, 6.07) is 4.99. The molecule has 0 spiro atoms. The SMILES string of the molecule is CC(=O)c1cccc(S(=O)(=O)NCC(=O)NC2CCS(=O)(=O)C2)c1. The molecule has 132 valence electrons. The van der Waals surface area contributed by atoms with E-state index in [1.165, 1.54) is 31.2 Å². The zero-order chi connectivity index (χ0) is 18.0. The summed E-state index contributed by atoms with van der Waals surface area (Å²) in [7, 11) is -7.07. The number of hydrogen-bond donors (Lipinski definition) is 2. The Bertz CT molecular complexity index is 861. The first-order chi connectivity index (χ1) is 11.1. The largest absolute Gasteiger partial charge is 0.351 e. The molecule has 0 aromatic heterocycles. The van der Waals surface area contributed by atoms with Crippen molar-refractivity contribution in [2.24, 2.45) is 0 Å². The van der Waals surface area contributed by atoms with Crippen LogP contribution in [-0.4, -0.2) is 52.6 Å². The molecule has 8 nitrogen and oxygen atoms in total. The average molecular weight is 374 g/mol. The third-order valence-corrected chi connectivity index (χ3v) is 6.74. The molecular weight excluding hydrogens is 356 g/mol. The molecule has 1 aromatic rings. The van der Waals surface area contributed by atoms with E-state index in [1.54, 1.807) is 0 Å². The summed E-state index contributed by atoms with van der Waals surface area (Å²) >= 11 is 0. The van der Waals surface area contributed by atoms with Crippen LogP contribution in [0.1, 0.15) is 23.7 Å². The number of carbonyl (C=O) groups is 2. The van der Waals surface area contributed by atoms with Crippen LogP contribution in [0.25, 0.3) is 0 Å². The van der Waals surface area contributed by atoms with E-state index in [4.69, 9.17) is 0 Å². The van der Waals surface area contributed by atoms with Gasteiger partial charge in [-0.1, -0.05) is 12.1 Å². The van der Waals surface area contributed by atoms with Crippen molar-refractivity contribution in [3.8, 4) is 0 Å². The van der Waals surface area contributed by atoms with Gasteiger partial charge in [-0.25, -0.2) is 21.6 Å². The normalized spacial score (nSPS) is 19.8. The lowest BCUT2D eigenvalue weighted by Crippen LogP contribution is -2.42. The third-order valence-electron chi connectivity index (χ3n) is 3.57. The Morgan fingerprint density at radius 2 is 2.00 bits per heavy atom. The van der Waals surface area contributed by atoms with E-state index in [0.717, 1.165) is 0 Å². The maximum absolute atomic E-state index is 12.2. The second-order valence-electron chi connectivity index (χ2n) is 5.58. The average Bonchev–Trinajstić information content (AvgIpc) is 2.84. The van der Waals surface area contributed by atoms with E-state index in [1.807, 2.05) is 0 Å². The number of benzene rings is 1. The number of nitrogens with one attached hydrogen (secondary N) is 2. The molecule has 1 unspecified atom stereocenters. The van der Waals surface area contributed by atoms with Crippen molar-refractivity contribution in [3.05, 3.63) is 29.8 Å². The highest BCUT2D eigenvalue weighted by Gasteiger charge is 2.29. The molecule has 1 aromatic carbocycles. The van der Waals surface area contributed by atoms with E-state index in [2.05, 4.69) is 10.0 Å². The molecule has 24 heavy (non-hydrogen) atoms. The Morgan fingerprint density at radius 3 is 2.58 bits per heavy atom. The topological polar surface area (TPSA) is 126 Å². The molecule has 2 rings (SSSR count). The third kappa shape index (κ3) is 4.86. The summed E-state index contributed by atoms with van der Waals surface area (Å²) in [6.07, 6.45) is 0.321. The molecule has 1 fully saturated rings. The van der Waals surface area contributed by atoms with Gasteiger partial charge in [-0.3, -0.25) is 9.59 Å². The Morgan fingerprint density at radius 1 is 1.29 bits per heavy atom. The smallest absolute Gasteiger partial charge is 0.241 e. The number of ketones is 1. The van der Waals surface area contributed by atoms with E-state index in [9.17, 15) is 26.4 Å². The van der Waals surface area contributed by atoms with Gasteiger partial charge in [0.15, 0.2) is 15.6 Å². The first kappa shape index (κ1) is 18.6. The molecule has 2 N–H and O–H groups in total. The van der Waals surface area contributed by atoms with Gasteiger partial charge in [0.2, 0.25) is 15.9 Å². The Labute approximate surface area is 140 Å². The molecule has 1 atom stereocenters.